The molecule has 28 heavy (non-hydrogen) atoms. The van der Waals surface area contributed by atoms with E-state index in [-0.39, 0.29) is 29.5 Å². The van der Waals surface area contributed by atoms with E-state index in [2.05, 4.69) is 0 Å². The maximum absolute atomic E-state index is 14.8. The highest BCUT2D eigenvalue weighted by Crippen LogP contribution is 2.48. The highest BCUT2D eigenvalue weighted by molar-refractivity contribution is 6.18. The number of nitrogens with zero attached hydrogens (tertiary/aromatic N) is 1. The molecular formula is C23H20FNO3. The van der Waals surface area contributed by atoms with Crippen molar-refractivity contribution in [2.24, 2.45) is 5.92 Å². The number of amides is 1. The average molecular weight is 377 g/mol. The van der Waals surface area contributed by atoms with Crippen LogP contribution in [0.4, 0.5) is 10.1 Å². The topological polar surface area (TPSA) is 46.6 Å². The first kappa shape index (κ1) is 17.2. The second-order valence-electron chi connectivity index (χ2n) is 7.59. The van der Waals surface area contributed by atoms with Gasteiger partial charge in [0.1, 0.15) is 11.9 Å². The third-order valence-corrected chi connectivity index (χ3v) is 6.00. The number of hydrogen-bond donors (Lipinski definition) is 0. The number of para-hydroxylation sites is 1. The molecule has 0 spiro atoms. The van der Waals surface area contributed by atoms with Gasteiger partial charge in [-0.2, -0.15) is 0 Å². The van der Waals surface area contributed by atoms with Crippen molar-refractivity contribution in [2.75, 3.05) is 4.90 Å². The lowest BCUT2D eigenvalue weighted by Crippen LogP contribution is -2.39. The number of halogens is 1. The quantitative estimate of drug-likeness (QED) is 0.783. The summed E-state index contributed by atoms with van der Waals surface area (Å²) in [6.07, 6.45) is 3.24. The SMILES string of the molecule is O=C1C2=C(OC3CCCCC13)C(=O)N(c1ccccc1)C2c1ccccc1F. The van der Waals surface area contributed by atoms with Gasteiger partial charge in [0.2, 0.25) is 0 Å². The van der Waals surface area contributed by atoms with Gasteiger partial charge in [0.25, 0.3) is 5.91 Å². The van der Waals surface area contributed by atoms with E-state index in [0.717, 1.165) is 25.7 Å². The Bertz CT molecular complexity index is 984. The van der Waals surface area contributed by atoms with Crippen LogP contribution in [0.2, 0.25) is 0 Å². The molecule has 4 nitrogen and oxygen atoms in total. The minimum atomic E-state index is -0.804. The standard InChI is InChI=1S/C23H20FNO3/c24-17-12-6-4-10-15(17)20-19-21(26)16-11-5-7-13-18(16)28-22(19)23(27)25(20)14-8-2-1-3-9-14/h1-4,6,8-10,12,16,18,20H,5,7,11,13H2. The Balaban J connectivity index is 1.69. The van der Waals surface area contributed by atoms with Gasteiger partial charge in [0, 0.05) is 11.3 Å². The zero-order valence-electron chi connectivity index (χ0n) is 15.3. The van der Waals surface area contributed by atoms with Crippen LogP contribution in [0.5, 0.6) is 0 Å². The van der Waals surface area contributed by atoms with Crippen LogP contribution in [0.15, 0.2) is 65.9 Å². The summed E-state index contributed by atoms with van der Waals surface area (Å²) in [5.41, 5.74) is 1.24. The molecule has 3 aliphatic rings. The van der Waals surface area contributed by atoms with Crippen LogP contribution in [-0.2, 0) is 14.3 Å². The molecule has 1 aliphatic carbocycles. The molecule has 1 fully saturated rings. The minimum absolute atomic E-state index is 0.0639. The van der Waals surface area contributed by atoms with Gasteiger partial charge in [-0.25, -0.2) is 4.39 Å². The van der Waals surface area contributed by atoms with Crippen LogP contribution in [-0.4, -0.2) is 17.8 Å². The molecule has 1 amide bonds. The Morgan fingerprint density at radius 3 is 2.43 bits per heavy atom. The number of fused-ring (bicyclic) bond motifs is 1. The summed E-state index contributed by atoms with van der Waals surface area (Å²) >= 11 is 0. The minimum Gasteiger partial charge on any atom is -0.483 e. The molecule has 2 aromatic rings. The Kier molecular flexibility index (Phi) is 4.04. The van der Waals surface area contributed by atoms with Crippen molar-refractivity contribution in [1.29, 1.82) is 0 Å². The van der Waals surface area contributed by atoms with E-state index in [9.17, 15) is 14.0 Å². The van der Waals surface area contributed by atoms with Gasteiger partial charge >= 0.3 is 0 Å². The Morgan fingerprint density at radius 2 is 1.64 bits per heavy atom. The van der Waals surface area contributed by atoms with Crippen LogP contribution in [0.3, 0.4) is 0 Å². The van der Waals surface area contributed by atoms with E-state index in [4.69, 9.17) is 4.74 Å². The smallest absolute Gasteiger partial charge is 0.294 e. The molecule has 3 atom stereocenters. The van der Waals surface area contributed by atoms with E-state index in [0.29, 0.717) is 16.8 Å². The van der Waals surface area contributed by atoms with Gasteiger partial charge in [0.15, 0.2) is 11.5 Å². The van der Waals surface area contributed by atoms with Gasteiger partial charge < -0.3 is 4.74 Å². The molecule has 3 unspecified atom stereocenters. The first-order valence-corrected chi connectivity index (χ1v) is 9.75. The molecule has 2 heterocycles. The highest BCUT2D eigenvalue weighted by atomic mass is 19.1. The predicted molar refractivity (Wildman–Crippen MR) is 102 cm³/mol. The van der Waals surface area contributed by atoms with E-state index >= 15 is 0 Å². The number of hydrogen-bond acceptors (Lipinski definition) is 3. The van der Waals surface area contributed by atoms with Crippen molar-refractivity contribution in [1.82, 2.24) is 0 Å². The Labute approximate surface area is 162 Å². The lowest BCUT2D eigenvalue weighted by atomic mass is 9.77. The molecule has 0 aromatic heterocycles. The number of Topliss-reactive ketones (excluding diaryl/α,β-unsaturated/α-hetero) is 1. The van der Waals surface area contributed by atoms with Crippen LogP contribution >= 0.6 is 0 Å². The number of rotatable bonds is 2. The lowest BCUT2D eigenvalue weighted by molar-refractivity contribution is -0.131. The molecule has 5 rings (SSSR count). The molecule has 2 aliphatic heterocycles. The summed E-state index contributed by atoms with van der Waals surface area (Å²) in [6.45, 7) is 0. The zero-order valence-corrected chi connectivity index (χ0v) is 15.3. The number of carbonyl (C=O) groups is 2. The second-order valence-corrected chi connectivity index (χ2v) is 7.59. The Hall–Kier alpha value is -2.95. The van der Waals surface area contributed by atoms with E-state index in [1.807, 2.05) is 18.2 Å². The Morgan fingerprint density at radius 1 is 0.929 bits per heavy atom. The van der Waals surface area contributed by atoms with Crippen molar-refractivity contribution < 1.29 is 18.7 Å². The molecule has 0 radical (unpaired) electrons. The summed E-state index contributed by atoms with van der Waals surface area (Å²) in [7, 11) is 0. The number of ketones is 1. The second kappa shape index (κ2) is 6.59. The molecule has 2 aromatic carbocycles. The molecule has 142 valence electrons. The predicted octanol–water partition coefficient (Wildman–Crippen LogP) is 4.33. The fraction of sp³-hybridized carbons (Fsp3) is 0.304. The first-order valence-electron chi connectivity index (χ1n) is 9.75. The van der Waals surface area contributed by atoms with Crippen LogP contribution in [0, 0.1) is 11.7 Å². The van der Waals surface area contributed by atoms with Crippen molar-refractivity contribution in [2.45, 2.75) is 37.8 Å². The maximum atomic E-state index is 14.8. The molecule has 5 heteroatoms. The van der Waals surface area contributed by atoms with Gasteiger partial charge in [0.05, 0.1) is 17.5 Å². The molecule has 0 bridgehead atoms. The van der Waals surface area contributed by atoms with Crippen molar-refractivity contribution >= 4 is 17.4 Å². The maximum Gasteiger partial charge on any atom is 0.294 e. The zero-order chi connectivity index (χ0) is 19.3. The van der Waals surface area contributed by atoms with Crippen LogP contribution < -0.4 is 4.90 Å². The van der Waals surface area contributed by atoms with E-state index < -0.39 is 11.9 Å². The number of ether oxygens (including phenoxy) is 1. The summed E-state index contributed by atoms with van der Waals surface area (Å²) in [4.78, 5) is 28.2. The van der Waals surface area contributed by atoms with E-state index in [1.165, 1.54) is 11.0 Å². The normalized spacial score (nSPS) is 26.8. The van der Waals surface area contributed by atoms with Crippen LogP contribution in [0.25, 0.3) is 0 Å². The third-order valence-electron chi connectivity index (χ3n) is 6.00. The lowest BCUT2D eigenvalue weighted by Gasteiger charge is -2.35. The van der Waals surface area contributed by atoms with E-state index in [1.54, 1.807) is 30.3 Å². The fourth-order valence-corrected chi connectivity index (χ4v) is 4.69. The van der Waals surface area contributed by atoms with Crippen molar-refractivity contribution in [3.63, 3.8) is 0 Å². The third kappa shape index (κ3) is 2.49. The van der Waals surface area contributed by atoms with Gasteiger partial charge in [-0.1, -0.05) is 42.8 Å². The van der Waals surface area contributed by atoms with Gasteiger partial charge in [-0.15, -0.1) is 0 Å². The molecule has 0 saturated heterocycles. The highest BCUT2D eigenvalue weighted by Gasteiger charge is 2.52. The molecule has 1 saturated carbocycles. The summed E-state index contributed by atoms with van der Waals surface area (Å²) < 4.78 is 20.8. The monoisotopic (exact) mass is 377 g/mol. The summed E-state index contributed by atoms with van der Waals surface area (Å²) in [5.74, 6) is -1.01. The molecular weight excluding hydrogens is 357 g/mol. The number of anilines is 1. The molecule has 0 N–H and O–H groups in total. The van der Waals surface area contributed by atoms with Gasteiger partial charge in [-0.05, 0) is 37.5 Å². The average Bonchev–Trinajstić information content (AvgIpc) is 3.02. The number of carbonyl (C=O) groups excluding carboxylic acids is 2. The summed E-state index contributed by atoms with van der Waals surface area (Å²) in [5, 5.41) is 0. The van der Waals surface area contributed by atoms with Crippen molar-refractivity contribution in [3.8, 4) is 0 Å². The largest absolute Gasteiger partial charge is 0.483 e. The fourth-order valence-electron chi connectivity index (χ4n) is 4.69. The summed E-state index contributed by atoms with van der Waals surface area (Å²) in [6, 6.07) is 14.6. The van der Waals surface area contributed by atoms with Gasteiger partial charge in [-0.3, -0.25) is 14.5 Å². The first-order chi connectivity index (χ1) is 13.7. The van der Waals surface area contributed by atoms with Crippen LogP contribution in [0.1, 0.15) is 37.3 Å². The van der Waals surface area contributed by atoms with Crippen molar-refractivity contribution in [3.05, 3.63) is 77.3 Å². The number of benzene rings is 2.